The third-order valence-electron chi connectivity index (χ3n) is 4.94. The molecule has 1 atom stereocenters. The van der Waals surface area contributed by atoms with Crippen LogP contribution in [0.15, 0.2) is 24.3 Å². The molecule has 1 aromatic rings. The summed E-state index contributed by atoms with van der Waals surface area (Å²) in [6.07, 6.45) is 2.11. The number of piperazine rings is 1. The van der Waals surface area contributed by atoms with Crippen LogP contribution in [0.2, 0.25) is 5.02 Å². The molecule has 0 radical (unpaired) electrons. The molecular weight excluding hydrogens is 430 g/mol. The molecule has 2 aliphatic heterocycles. The average Bonchev–Trinajstić information content (AvgIpc) is 2.63. The summed E-state index contributed by atoms with van der Waals surface area (Å²) >= 11 is 6.07. The zero-order valence-electron chi connectivity index (χ0n) is 15.4. The van der Waals surface area contributed by atoms with Crippen molar-refractivity contribution in [3.63, 3.8) is 0 Å². The molecule has 156 valence electrons. The van der Waals surface area contributed by atoms with Gasteiger partial charge in [0.1, 0.15) is 0 Å². The summed E-state index contributed by atoms with van der Waals surface area (Å²) in [6, 6.07) is 8.04. The first kappa shape index (κ1) is 26.6. The van der Waals surface area contributed by atoms with Gasteiger partial charge in [-0.15, -0.1) is 37.2 Å². The molecule has 2 saturated heterocycles. The van der Waals surface area contributed by atoms with Gasteiger partial charge in [0, 0.05) is 56.5 Å². The topological polar surface area (TPSA) is 47.6 Å². The molecule has 5 nitrogen and oxygen atoms in total. The number of anilines is 1. The zero-order chi connectivity index (χ0) is 16.8. The van der Waals surface area contributed by atoms with Crippen LogP contribution in [0.4, 0.5) is 5.69 Å². The monoisotopic (exact) mass is 458 g/mol. The average molecular weight is 460 g/mol. The fourth-order valence-electron chi connectivity index (χ4n) is 3.46. The molecule has 3 rings (SSSR count). The largest absolute Gasteiger partial charge is 0.369 e. The van der Waals surface area contributed by atoms with Crippen LogP contribution < -0.4 is 15.5 Å². The van der Waals surface area contributed by atoms with E-state index in [1.54, 1.807) is 0 Å². The van der Waals surface area contributed by atoms with Crippen LogP contribution >= 0.6 is 48.8 Å². The molecule has 1 unspecified atom stereocenters. The zero-order valence-corrected chi connectivity index (χ0v) is 18.6. The van der Waals surface area contributed by atoms with Crippen molar-refractivity contribution in [2.75, 3.05) is 57.3 Å². The highest BCUT2D eigenvalue weighted by atomic mass is 35.5. The van der Waals surface area contributed by atoms with Crippen LogP contribution in [-0.4, -0.2) is 63.2 Å². The van der Waals surface area contributed by atoms with Gasteiger partial charge >= 0.3 is 0 Å². The van der Waals surface area contributed by atoms with Gasteiger partial charge in [-0.1, -0.05) is 17.7 Å². The molecule has 1 aromatic carbocycles. The van der Waals surface area contributed by atoms with Gasteiger partial charge in [-0.3, -0.25) is 9.69 Å². The summed E-state index contributed by atoms with van der Waals surface area (Å²) in [7, 11) is 0. The molecule has 0 aromatic heterocycles. The van der Waals surface area contributed by atoms with Crippen LogP contribution in [0, 0.1) is 5.92 Å². The van der Waals surface area contributed by atoms with Crippen LogP contribution in [0.25, 0.3) is 0 Å². The van der Waals surface area contributed by atoms with Gasteiger partial charge < -0.3 is 15.5 Å². The van der Waals surface area contributed by atoms with Gasteiger partial charge in [0.15, 0.2) is 0 Å². The van der Waals surface area contributed by atoms with E-state index in [9.17, 15) is 4.79 Å². The Bertz CT molecular complexity index is 550. The number of nitrogens with zero attached hydrogens (tertiary/aromatic N) is 2. The maximum absolute atomic E-state index is 12.1. The van der Waals surface area contributed by atoms with Gasteiger partial charge in [-0.05, 0) is 37.6 Å². The van der Waals surface area contributed by atoms with Crippen molar-refractivity contribution in [1.82, 2.24) is 15.5 Å². The molecule has 0 spiro atoms. The summed E-state index contributed by atoms with van der Waals surface area (Å²) in [5.41, 5.74) is 1.19. The lowest BCUT2D eigenvalue weighted by atomic mass is 9.99. The number of piperidine rings is 1. The highest BCUT2D eigenvalue weighted by Gasteiger charge is 2.21. The summed E-state index contributed by atoms with van der Waals surface area (Å²) < 4.78 is 0. The number of hydrogen-bond acceptors (Lipinski definition) is 4. The van der Waals surface area contributed by atoms with E-state index in [0.29, 0.717) is 0 Å². The number of carbonyl (C=O) groups is 1. The molecule has 9 heteroatoms. The van der Waals surface area contributed by atoms with E-state index >= 15 is 0 Å². The Balaban J connectivity index is 0.00000225. The Morgan fingerprint density at radius 2 is 1.93 bits per heavy atom. The van der Waals surface area contributed by atoms with Crippen molar-refractivity contribution < 1.29 is 4.79 Å². The second kappa shape index (κ2) is 13.7. The summed E-state index contributed by atoms with van der Waals surface area (Å²) in [6.45, 7) is 7.58. The van der Waals surface area contributed by atoms with E-state index in [2.05, 4.69) is 26.5 Å². The first-order valence-electron chi connectivity index (χ1n) is 8.94. The van der Waals surface area contributed by atoms with E-state index in [0.717, 1.165) is 70.2 Å². The minimum absolute atomic E-state index is 0. The second-order valence-corrected chi connectivity index (χ2v) is 7.08. The van der Waals surface area contributed by atoms with Gasteiger partial charge in [0.05, 0.1) is 5.92 Å². The van der Waals surface area contributed by atoms with Crippen LogP contribution in [0.1, 0.15) is 12.8 Å². The fourth-order valence-corrected chi connectivity index (χ4v) is 3.64. The molecule has 0 bridgehead atoms. The number of carbonyl (C=O) groups excluding carboxylic acids is 1. The van der Waals surface area contributed by atoms with Crippen molar-refractivity contribution in [1.29, 1.82) is 0 Å². The minimum atomic E-state index is 0. The van der Waals surface area contributed by atoms with E-state index in [-0.39, 0.29) is 49.0 Å². The van der Waals surface area contributed by atoms with Crippen LogP contribution in [0.3, 0.4) is 0 Å². The number of amides is 1. The van der Waals surface area contributed by atoms with Gasteiger partial charge in [0.2, 0.25) is 5.91 Å². The smallest absolute Gasteiger partial charge is 0.224 e. The van der Waals surface area contributed by atoms with Crippen molar-refractivity contribution in [2.24, 2.45) is 5.92 Å². The molecule has 27 heavy (non-hydrogen) atoms. The van der Waals surface area contributed by atoms with Crippen molar-refractivity contribution in [3.05, 3.63) is 29.3 Å². The van der Waals surface area contributed by atoms with E-state index in [4.69, 9.17) is 11.6 Å². The summed E-state index contributed by atoms with van der Waals surface area (Å²) in [5.74, 6) is 0.359. The predicted octanol–water partition coefficient (Wildman–Crippen LogP) is 2.84. The Kier molecular flexibility index (Phi) is 13.5. The number of benzene rings is 1. The third-order valence-corrected chi connectivity index (χ3v) is 5.18. The summed E-state index contributed by atoms with van der Waals surface area (Å²) in [4.78, 5) is 16.9. The standard InChI is InChI=1S/C18H27ClN4O.3ClH/c19-16-4-1-5-17(13-16)23-11-9-22(10-12-23)8-7-21-18(24)15-3-2-6-20-14-15;;;/h1,4-5,13,15,20H,2-3,6-12,14H2,(H,21,24);3*1H. The van der Waals surface area contributed by atoms with Crippen LogP contribution in [0.5, 0.6) is 0 Å². The Morgan fingerprint density at radius 3 is 2.56 bits per heavy atom. The van der Waals surface area contributed by atoms with Gasteiger partial charge in [0.25, 0.3) is 0 Å². The van der Waals surface area contributed by atoms with Crippen molar-refractivity contribution in [2.45, 2.75) is 12.8 Å². The van der Waals surface area contributed by atoms with Gasteiger partial charge in [-0.2, -0.15) is 0 Å². The molecule has 0 saturated carbocycles. The van der Waals surface area contributed by atoms with E-state index in [1.807, 2.05) is 18.2 Å². The molecule has 2 fully saturated rings. The normalized spacial score (nSPS) is 19.9. The highest BCUT2D eigenvalue weighted by molar-refractivity contribution is 6.30. The van der Waals surface area contributed by atoms with Crippen molar-refractivity contribution >= 4 is 60.4 Å². The quantitative estimate of drug-likeness (QED) is 0.710. The first-order valence-corrected chi connectivity index (χ1v) is 9.31. The highest BCUT2D eigenvalue weighted by Crippen LogP contribution is 2.20. The number of rotatable bonds is 5. The molecule has 2 aliphatic rings. The molecule has 2 heterocycles. The first-order chi connectivity index (χ1) is 11.7. The lowest BCUT2D eigenvalue weighted by molar-refractivity contribution is -0.125. The summed E-state index contributed by atoms with van der Waals surface area (Å²) in [5, 5.41) is 7.18. The third kappa shape index (κ3) is 8.22. The SMILES string of the molecule is Cl.Cl.Cl.O=C(NCCN1CCN(c2cccc(Cl)c2)CC1)C1CCCNC1. The van der Waals surface area contributed by atoms with E-state index < -0.39 is 0 Å². The van der Waals surface area contributed by atoms with Gasteiger partial charge in [-0.25, -0.2) is 0 Å². The second-order valence-electron chi connectivity index (χ2n) is 6.64. The fraction of sp³-hybridized carbons (Fsp3) is 0.611. The minimum Gasteiger partial charge on any atom is -0.369 e. The number of nitrogens with one attached hydrogen (secondary N) is 2. The van der Waals surface area contributed by atoms with Crippen molar-refractivity contribution in [3.8, 4) is 0 Å². The molecular formula is C18H30Cl4N4O. The molecule has 1 amide bonds. The van der Waals surface area contributed by atoms with E-state index in [1.165, 1.54) is 5.69 Å². The number of halogens is 4. The lowest BCUT2D eigenvalue weighted by Gasteiger charge is -2.36. The Hall–Kier alpha value is -0.430. The lowest BCUT2D eigenvalue weighted by Crippen LogP contribution is -2.49. The Labute approximate surface area is 185 Å². The molecule has 2 N–H and O–H groups in total. The maximum Gasteiger partial charge on any atom is 0.224 e. The maximum atomic E-state index is 12.1. The molecule has 0 aliphatic carbocycles. The predicted molar refractivity (Wildman–Crippen MR) is 120 cm³/mol. The van der Waals surface area contributed by atoms with Crippen LogP contribution in [-0.2, 0) is 4.79 Å². The Morgan fingerprint density at radius 1 is 1.19 bits per heavy atom. The number of hydrogen-bond donors (Lipinski definition) is 2.